The molecule has 4 nitrogen and oxygen atoms in total. The molecule has 1 heterocycles. The Morgan fingerprint density at radius 2 is 1.94 bits per heavy atom. The van der Waals surface area contributed by atoms with Gasteiger partial charge in [0.1, 0.15) is 18.0 Å². The smallest absolute Gasteiger partial charge is 0.134 e. The van der Waals surface area contributed by atoms with Crippen LogP contribution in [0.1, 0.15) is 45.1 Å². The molecule has 0 aromatic carbocycles. The predicted molar refractivity (Wildman–Crippen MR) is 70.8 cm³/mol. The lowest BCUT2D eigenvalue weighted by molar-refractivity contribution is 0.232. The van der Waals surface area contributed by atoms with Crippen LogP contribution in [0.2, 0.25) is 0 Å². The summed E-state index contributed by atoms with van der Waals surface area (Å²) in [6.45, 7) is 6.65. The summed E-state index contributed by atoms with van der Waals surface area (Å²) in [5, 5.41) is 3.50. The monoisotopic (exact) mass is 234 g/mol. The topological polar surface area (TPSA) is 63.8 Å². The summed E-state index contributed by atoms with van der Waals surface area (Å²) >= 11 is 0. The summed E-state index contributed by atoms with van der Waals surface area (Å²) in [7, 11) is 0. The van der Waals surface area contributed by atoms with Gasteiger partial charge in [-0.3, -0.25) is 0 Å². The SMILES string of the molecule is Cc1c(N)ncnc1NC1CCC(C)(C)CC1. The van der Waals surface area contributed by atoms with E-state index in [-0.39, 0.29) is 0 Å². The van der Waals surface area contributed by atoms with E-state index in [1.165, 1.54) is 32.0 Å². The number of hydrogen-bond acceptors (Lipinski definition) is 4. The molecule has 4 heteroatoms. The third-order valence-electron chi connectivity index (χ3n) is 3.80. The lowest BCUT2D eigenvalue weighted by Gasteiger charge is -2.35. The van der Waals surface area contributed by atoms with Crippen LogP contribution < -0.4 is 11.1 Å². The van der Waals surface area contributed by atoms with Crippen LogP contribution in [0.25, 0.3) is 0 Å². The van der Waals surface area contributed by atoms with Crippen LogP contribution in [0.15, 0.2) is 6.33 Å². The van der Waals surface area contributed by atoms with E-state index in [1.807, 2.05) is 6.92 Å². The molecular weight excluding hydrogens is 212 g/mol. The first-order chi connectivity index (χ1) is 7.98. The summed E-state index contributed by atoms with van der Waals surface area (Å²) in [6, 6.07) is 0.524. The Balaban J connectivity index is 2.00. The van der Waals surface area contributed by atoms with Crippen molar-refractivity contribution in [3.63, 3.8) is 0 Å². The van der Waals surface area contributed by atoms with Gasteiger partial charge in [0.15, 0.2) is 0 Å². The molecule has 0 radical (unpaired) electrons. The maximum Gasteiger partial charge on any atom is 0.134 e. The Morgan fingerprint density at radius 3 is 2.59 bits per heavy atom. The Kier molecular flexibility index (Phi) is 3.22. The van der Waals surface area contributed by atoms with Gasteiger partial charge in [-0.1, -0.05) is 13.8 Å². The average molecular weight is 234 g/mol. The van der Waals surface area contributed by atoms with E-state index in [4.69, 9.17) is 5.73 Å². The molecule has 2 rings (SSSR count). The van der Waals surface area contributed by atoms with Crippen molar-refractivity contribution in [1.29, 1.82) is 0 Å². The highest BCUT2D eigenvalue weighted by atomic mass is 15.1. The fourth-order valence-corrected chi connectivity index (χ4v) is 2.35. The van der Waals surface area contributed by atoms with Crippen LogP contribution in [0.5, 0.6) is 0 Å². The average Bonchev–Trinajstić information content (AvgIpc) is 2.27. The second-order valence-corrected chi connectivity index (χ2v) is 5.82. The summed E-state index contributed by atoms with van der Waals surface area (Å²) in [4.78, 5) is 8.25. The van der Waals surface area contributed by atoms with E-state index in [0.29, 0.717) is 17.3 Å². The van der Waals surface area contributed by atoms with Crippen LogP contribution in [0, 0.1) is 12.3 Å². The van der Waals surface area contributed by atoms with Gasteiger partial charge in [-0.2, -0.15) is 0 Å². The lowest BCUT2D eigenvalue weighted by Crippen LogP contribution is -2.30. The van der Waals surface area contributed by atoms with Gasteiger partial charge in [-0.25, -0.2) is 9.97 Å². The maximum absolute atomic E-state index is 5.78. The Hall–Kier alpha value is -1.32. The summed E-state index contributed by atoms with van der Waals surface area (Å²) in [5.41, 5.74) is 7.23. The fraction of sp³-hybridized carbons (Fsp3) is 0.692. The van der Waals surface area contributed by atoms with Crippen molar-refractivity contribution in [3.05, 3.63) is 11.9 Å². The Labute approximate surface area is 103 Å². The van der Waals surface area contributed by atoms with Gasteiger partial charge >= 0.3 is 0 Å². The molecule has 1 aromatic heterocycles. The van der Waals surface area contributed by atoms with Gasteiger partial charge < -0.3 is 11.1 Å². The van der Waals surface area contributed by atoms with E-state index >= 15 is 0 Å². The number of nitrogens with zero attached hydrogens (tertiary/aromatic N) is 2. The van der Waals surface area contributed by atoms with Gasteiger partial charge in [-0.05, 0) is 38.0 Å². The van der Waals surface area contributed by atoms with Crippen molar-refractivity contribution >= 4 is 11.6 Å². The quantitative estimate of drug-likeness (QED) is 0.826. The normalized spacial score (nSPS) is 20.2. The molecule has 1 aliphatic rings. The zero-order chi connectivity index (χ0) is 12.5. The molecule has 0 spiro atoms. The molecular formula is C13H22N4. The summed E-state index contributed by atoms with van der Waals surface area (Å²) in [5.74, 6) is 1.46. The molecule has 0 amide bonds. The van der Waals surface area contributed by atoms with Crippen LogP contribution in [-0.4, -0.2) is 16.0 Å². The van der Waals surface area contributed by atoms with Crippen molar-refractivity contribution in [2.75, 3.05) is 11.1 Å². The minimum atomic E-state index is 0.498. The molecule has 0 unspecified atom stereocenters. The van der Waals surface area contributed by atoms with Crippen molar-refractivity contribution in [2.45, 2.75) is 52.5 Å². The van der Waals surface area contributed by atoms with Crippen LogP contribution >= 0.6 is 0 Å². The number of anilines is 2. The highest BCUT2D eigenvalue weighted by molar-refractivity contribution is 5.54. The third kappa shape index (κ3) is 2.87. The van der Waals surface area contributed by atoms with Crippen LogP contribution in [-0.2, 0) is 0 Å². The minimum absolute atomic E-state index is 0.498. The van der Waals surface area contributed by atoms with Gasteiger partial charge in [0.2, 0.25) is 0 Å². The molecule has 1 saturated carbocycles. The second kappa shape index (κ2) is 4.51. The predicted octanol–water partition coefficient (Wildman–Crippen LogP) is 2.75. The Morgan fingerprint density at radius 1 is 1.29 bits per heavy atom. The molecule has 0 aliphatic heterocycles. The second-order valence-electron chi connectivity index (χ2n) is 5.82. The molecule has 1 fully saturated rings. The van der Waals surface area contributed by atoms with E-state index in [1.54, 1.807) is 0 Å². The molecule has 94 valence electrons. The van der Waals surface area contributed by atoms with Crippen molar-refractivity contribution in [2.24, 2.45) is 5.41 Å². The van der Waals surface area contributed by atoms with Crippen LogP contribution in [0.3, 0.4) is 0 Å². The molecule has 0 saturated heterocycles. The molecule has 0 bridgehead atoms. The van der Waals surface area contributed by atoms with E-state index in [9.17, 15) is 0 Å². The largest absolute Gasteiger partial charge is 0.383 e. The maximum atomic E-state index is 5.78. The highest BCUT2D eigenvalue weighted by Crippen LogP contribution is 2.36. The third-order valence-corrected chi connectivity index (χ3v) is 3.80. The Bertz CT molecular complexity index is 390. The number of nitrogens with one attached hydrogen (secondary N) is 1. The first-order valence-corrected chi connectivity index (χ1v) is 6.31. The molecule has 3 N–H and O–H groups in total. The lowest BCUT2D eigenvalue weighted by atomic mass is 9.75. The summed E-state index contributed by atoms with van der Waals surface area (Å²) in [6.07, 6.45) is 6.47. The van der Waals surface area contributed by atoms with Gasteiger partial charge in [0.25, 0.3) is 0 Å². The van der Waals surface area contributed by atoms with Crippen molar-refractivity contribution in [3.8, 4) is 0 Å². The zero-order valence-electron chi connectivity index (χ0n) is 11.0. The highest BCUT2D eigenvalue weighted by Gasteiger charge is 2.27. The first-order valence-electron chi connectivity index (χ1n) is 6.31. The molecule has 0 atom stereocenters. The summed E-state index contributed by atoms with van der Waals surface area (Å²) < 4.78 is 0. The molecule has 17 heavy (non-hydrogen) atoms. The molecule has 1 aromatic rings. The minimum Gasteiger partial charge on any atom is -0.383 e. The standard InChI is InChI=1S/C13H22N4/c1-9-11(14)15-8-16-12(9)17-10-4-6-13(2,3)7-5-10/h8,10H,4-7H2,1-3H3,(H3,14,15,16,17). The van der Waals surface area contributed by atoms with E-state index < -0.39 is 0 Å². The van der Waals surface area contributed by atoms with E-state index in [0.717, 1.165) is 11.4 Å². The fourth-order valence-electron chi connectivity index (χ4n) is 2.35. The van der Waals surface area contributed by atoms with Crippen LogP contribution in [0.4, 0.5) is 11.6 Å². The number of aromatic nitrogens is 2. The van der Waals surface area contributed by atoms with Gasteiger partial charge in [0, 0.05) is 11.6 Å². The van der Waals surface area contributed by atoms with Crippen molar-refractivity contribution < 1.29 is 0 Å². The zero-order valence-corrected chi connectivity index (χ0v) is 11.0. The van der Waals surface area contributed by atoms with Gasteiger partial charge in [0.05, 0.1) is 0 Å². The first kappa shape index (κ1) is 12.1. The van der Waals surface area contributed by atoms with E-state index in [2.05, 4.69) is 29.1 Å². The number of nitrogen functional groups attached to an aromatic ring is 1. The van der Waals surface area contributed by atoms with Gasteiger partial charge in [-0.15, -0.1) is 0 Å². The number of hydrogen-bond donors (Lipinski definition) is 2. The van der Waals surface area contributed by atoms with Crippen molar-refractivity contribution in [1.82, 2.24) is 9.97 Å². The molecule has 1 aliphatic carbocycles. The number of nitrogens with two attached hydrogens (primary N) is 1. The number of rotatable bonds is 2.